The van der Waals surface area contributed by atoms with Gasteiger partial charge in [0.25, 0.3) is 11.4 Å². The second-order valence-electron chi connectivity index (χ2n) is 8.58. The van der Waals surface area contributed by atoms with Crippen LogP contribution in [0.4, 0.5) is 34.1 Å². The van der Waals surface area contributed by atoms with E-state index in [1.54, 1.807) is 60.7 Å². The number of anilines is 2. The summed E-state index contributed by atoms with van der Waals surface area (Å²) in [7, 11) is 0. The average molecular weight is 568 g/mol. The van der Waals surface area contributed by atoms with Crippen LogP contribution in [-0.2, 0) is 0 Å². The Hall–Kier alpha value is -6.58. The van der Waals surface area contributed by atoms with Crippen LogP contribution < -0.4 is 10.0 Å². The first-order valence-corrected chi connectivity index (χ1v) is 11.9. The predicted octanol–water partition coefficient (Wildman–Crippen LogP) is 5.37. The zero-order valence-electron chi connectivity index (χ0n) is 21.1. The van der Waals surface area contributed by atoms with E-state index in [1.807, 2.05) is 0 Å². The predicted molar refractivity (Wildman–Crippen MR) is 150 cm³/mol. The number of benzene rings is 4. The molecule has 0 saturated heterocycles. The maximum Gasteiger partial charge on any atom is 0.310 e. The van der Waals surface area contributed by atoms with E-state index in [2.05, 4.69) is 10.2 Å². The lowest BCUT2D eigenvalue weighted by atomic mass is 10.1. The molecule has 0 saturated carbocycles. The van der Waals surface area contributed by atoms with Gasteiger partial charge in [0.2, 0.25) is 5.69 Å². The molecule has 1 aliphatic heterocycles. The van der Waals surface area contributed by atoms with Crippen LogP contribution in [-0.4, -0.2) is 31.4 Å². The molecule has 5 rings (SSSR count). The molecule has 0 aliphatic carbocycles. The first-order chi connectivity index (χ1) is 20.2. The monoisotopic (exact) mass is 568 g/mol. The summed E-state index contributed by atoms with van der Waals surface area (Å²) >= 11 is 0. The lowest BCUT2D eigenvalue weighted by molar-refractivity contribution is -0.402. The highest BCUT2D eigenvalue weighted by Crippen LogP contribution is 2.43. The van der Waals surface area contributed by atoms with Crippen LogP contribution in [0, 0.1) is 40.5 Å². The van der Waals surface area contributed by atoms with Gasteiger partial charge < -0.3 is 0 Å². The van der Waals surface area contributed by atoms with Gasteiger partial charge in [0.1, 0.15) is 0 Å². The normalized spacial score (nSPS) is 12.8. The Labute approximate surface area is 234 Å². The molecule has 4 aromatic rings. The zero-order valence-corrected chi connectivity index (χ0v) is 21.1. The van der Waals surface area contributed by atoms with Gasteiger partial charge in [-0.05, 0) is 12.1 Å². The number of hydrogen-bond acceptors (Lipinski definition) is 12. The van der Waals surface area contributed by atoms with Gasteiger partial charge in [0.05, 0.1) is 31.8 Å². The Morgan fingerprint density at radius 2 is 0.952 bits per heavy atom. The highest BCUT2D eigenvalue weighted by Gasteiger charge is 2.38. The minimum atomic E-state index is -0.993. The van der Waals surface area contributed by atoms with Crippen molar-refractivity contribution in [2.24, 2.45) is 10.2 Å². The number of non-ortho nitro benzene ring substituents is 2. The van der Waals surface area contributed by atoms with E-state index in [1.165, 1.54) is 29.2 Å². The number of nitro groups is 4. The molecule has 42 heavy (non-hydrogen) atoms. The van der Waals surface area contributed by atoms with Crippen molar-refractivity contribution in [2.45, 2.75) is 0 Å². The van der Waals surface area contributed by atoms with Gasteiger partial charge in [-0.2, -0.15) is 0 Å². The molecule has 0 bridgehead atoms. The van der Waals surface area contributed by atoms with Crippen molar-refractivity contribution < 1.29 is 19.7 Å². The summed E-state index contributed by atoms with van der Waals surface area (Å²) in [6, 6.07) is 23.6. The van der Waals surface area contributed by atoms with Gasteiger partial charge in [-0.25, -0.2) is 0 Å². The molecule has 0 unspecified atom stereocenters. The second kappa shape index (κ2) is 10.9. The summed E-state index contributed by atoms with van der Waals surface area (Å²) in [5, 5.41) is 56.4. The molecule has 0 fully saturated rings. The fraction of sp³-hybridized carbons (Fsp3) is 0. The molecule has 0 N–H and O–H groups in total. The van der Waals surface area contributed by atoms with Gasteiger partial charge in [0, 0.05) is 28.9 Å². The molecule has 4 aromatic carbocycles. The number of nitro benzene ring substituents is 4. The quantitative estimate of drug-likeness (QED) is 0.196. The molecule has 0 amide bonds. The zero-order chi connectivity index (χ0) is 30.0. The molecule has 208 valence electrons. The van der Waals surface area contributed by atoms with Crippen molar-refractivity contribution in [1.82, 2.24) is 0 Å². The first-order valence-electron chi connectivity index (χ1n) is 11.9. The van der Waals surface area contributed by atoms with Crippen LogP contribution in [0.5, 0.6) is 0 Å². The number of hydrogen-bond donors (Lipinski definition) is 0. The van der Waals surface area contributed by atoms with Crippen LogP contribution in [0.15, 0.2) is 107 Å². The van der Waals surface area contributed by atoms with Crippen molar-refractivity contribution in [1.29, 1.82) is 0 Å². The Balaban J connectivity index is 1.83. The van der Waals surface area contributed by atoms with Crippen molar-refractivity contribution in [2.75, 3.05) is 10.0 Å². The third-order valence-corrected chi connectivity index (χ3v) is 6.04. The van der Waals surface area contributed by atoms with E-state index in [0.717, 1.165) is 0 Å². The third kappa shape index (κ3) is 5.05. The lowest BCUT2D eigenvalue weighted by Crippen LogP contribution is -2.44. The maximum absolute atomic E-state index is 12.1. The summed E-state index contributed by atoms with van der Waals surface area (Å²) in [5.41, 5.74) is -2.39. The third-order valence-electron chi connectivity index (χ3n) is 6.04. The first kappa shape index (κ1) is 27.0. The van der Waals surface area contributed by atoms with E-state index < -0.39 is 42.4 Å². The molecule has 16 nitrogen and oxygen atoms in total. The topological polar surface area (TPSA) is 204 Å². The van der Waals surface area contributed by atoms with Crippen LogP contribution >= 0.6 is 0 Å². The minimum Gasteiger partial charge on any atom is -0.275 e. The number of nitrogens with zero attached hydrogens (tertiary/aromatic N) is 8. The maximum atomic E-state index is 12.1. The molecule has 1 aliphatic rings. The fourth-order valence-electron chi connectivity index (χ4n) is 4.19. The minimum absolute atomic E-state index is 0.0975. The van der Waals surface area contributed by atoms with Gasteiger partial charge in [-0.1, -0.05) is 60.7 Å². The van der Waals surface area contributed by atoms with Crippen LogP contribution in [0.25, 0.3) is 0 Å². The van der Waals surface area contributed by atoms with Crippen molar-refractivity contribution in [3.63, 3.8) is 0 Å². The molecule has 1 heterocycles. The molecule has 0 aromatic heterocycles. The second-order valence-corrected chi connectivity index (χ2v) is 8.58. The Kier molecular flexibility index (Phi) is 7.00. The van der Waals surface area contributed by atoms with E-state index in [9.17, 15) is 40.5 Å². The van der Waals surface area contributed by atoms with E-state index in [0.29, 0.717) is 34.1 Å². The molecular weight excluding hydrogens is 552 g/mol. The molecular formula is C26H16N8O8. The molecule has 0 spiro atoms. The molecule has 16 heteroatoms. The van der Waals surface area contributed by atoms with Crippen LogP contribution in [0.2, 0.25) is 0 Å². The van der Waals surface area contributed by atoms with E-state index in [4.69, 9.17) is 0 Å². The molecule has 0 radical (unpaired) electrons. The van der Waals surface area contributed by atoms with Gasteiger partial charge in [-0.3, -0.25) is 45.4 Å². The summed E-state index contributed by atoms with van der Waals surface area (Å²) in [6.07, 6.45) is 0. The Bertz CT molecular complexity index is 1700. The average Bonchev–Trinajstić information content (AvgIpc) is 3.00. The van der Waals surface area contributed by atoms with E-state index in [-0.39, 0.29) is 17.4 Å². The van der Waals surface area contributed by atoms with Gasteiger partial charge in [0.15, 0.2) is 11.7 Å². The Morgan fingerprint density at radius 3 is 1.33 bits per heavy atom. The highest BCUT2D eigenvalue weighted by atomic mass is 16.6. The van der Waals surface area contributed by atoms with Gasteiger partial charge in [-0.15, -0.1) is 15.3 Å². The van der Waals surface area contributed by atoms with E-state index >= 15 is 0 Å². The number of amidine groups is 2. The SMILES string of the molecule is O=[N+]([O-])c1ccc(N2C(c3ccccc3)=NN(c3c([N+](=O)[O-])cc([N+](=O)[O-])cc3[N+](=O)[O-])N=C2c2ccccc2)cc1. The van der Waals surface area contributed by atoms with Crippen LogP contribution in [0.1, 0.15) is 11.1 Å². The summed E-state index contributed by atoms with van der Waals surface area (Å²) in [6.45, 7) is 0. The largest absolute Gasteiger partial charge is 0.310 e. The van der Waals surface area contributed by atoms with Gasteiger partial charge >= 0.3 is 11.4 Å². The van der Waals surface area contributed by atoms with Crippen molar-refractivity contribution in [3.8, 4) is 0 Å². The van der Waals surface area contributed by atoms with Crippen LogP contribution in [0.3, 0.4) is 0 Å². The summed E-state index contributed by atoms with van der Waals surface area (Å²) < 4.78 is 0. The smallest absolute Gasteiger partial charge is 0.275 e. The fourth-order valence-corrected chi connectivity index (χ4v) is 4.19. The highest BCUT2D eigenvalue weighted by molar-refractivity contribution is 6.30. The van der Waals surface area contributed by atoms with Crippen molar-refractivity contribution in [3.05, 3.63) is 149 Å². The number of rotatable bonds is 8. The summed E-state index contributed by atoms with van der Waals surface area (Å²) in [5.74, 6) is 0.195. The molecule has 0 atom stereocenters. The Morgan fingerprint density at radius 1 is 0.524 bits per heavy atom. The van der Waals surface area contributed by atoms with Crippen molar-refractivity contribution >= 4 is 45.8 Å². The number of hydrazone groups is 2. The summed E-state index contributed by atoms with van der Waals surface area (Å²) in [4.78, 5) is 44.8. The standard InChI is InChI=1S/C26H16N8O8/c35-31(36)20-13-11-19(12-14-20)29-25(17-7-3-1-4-8-17)27-30(28-26(29)18-9-5-2-6-10-18)24-22(33(39)40)15-21(32(37)38)16-23(24)34(41)42/h1-16H. The lowest BCUT2D eigenvalue weighted by Gasteiger charge is -2.33.